The van der Waals surface area contributed by atoms with E-state index in [0.29, 0.717) is 36.5 Å². The first-order valence-corrected chi connectivity index (χ1v) is 15.2. The largest absolute Gasteiger partial charge is 0.451 e. The zero-order chi connectivity index (χ0) is 29.9. The van der Waals surface area contributed by atoms with Crippen LogP contribution in [0.2, 0.25) is 0 Å². The van der Waals surface area contributed by atoms with Gasteiger partial charge >= 0.3 is 0 Å². The average molecular weight is 576 g/mol. The van der Waals surface area contributed by atoms with E-state index in [1.807, 2.05) is 20.8 Å². The number of amides is 2. The van der Waals surface area contributed by atoms with Crippen LogP contribution in [0.5, 0.6) is 0 Å². The SMILES string of the molecule is CC(C)(C)NC(=O)C1(C2CCCCC2)CCN(CC(NC(=O)c2cc(=O)c3ccccc3o2)c2ccc(F)cc2)CC1. The maximum absolute atomic E-state index is 13.8. The van der Waals surface area contributed by atoms with E-state index in [1.54, 1.807) is 36.4 Å². The second-order valence-electron chi connectivity index (χ2n) is 13.0. The summed E-state index contributed by atoms with van der Waals surface area (Å²) in [5, 5.41) is 6.73. The Bertz CT molecular complexity index is 1460. The number of benzene rings is 2. The van der Waals surface area contributed by atoms with Gasteiger partial charge < -0.3 is 20.0 Å². The number of piperidine rings is 1. The summed E-state index contributed by atoms with van der Waals surface area (Å²) < 4.78 is 19.6. The summed E-state index contributed by atoms with van der Waals surface area (Å²) in [6.07, 6.45) is 7.25. The van der Waals surface area contributed by atoms with Crippen LogP contribution in [0.15, 0.2) is 63.8 Å². The molecule has 0 radical (unpaired) electrons. The first kappa shape index (κ1) is 30.0. The van der Waals surface area contributed by atoms with Crippen LogP contribution in [-0.4, -0.2) is 41.9 Å². The number of likely N-dealkylation sites (tertiary alicyclic amines) is 1. The molecule has 0 bridgehead atoms. The van der Waals surface area contributed by atoms with Gasteiger partial charge in [0.05, 0.1) is 16.8 Å². The van der Waals surface area contributed by atoms with Crippen LogP contribution in [0, 0.1) is 17.2 Å². The molecule has 2 aromatic carbocycles. The molecule has 2 N–H and O–H groups in total. The molecule has 2 aliphatic rings. The van der Waals surface area contributed by atoms with Crippen molar-refractivity contribution in [2.75, 3.05) is 19.6 Å². The summed E-state index contributed by atoms with van der Waals surface area (Å²) in [6, 6.07) is 13.7. The first-order valence-electron chi connectivity index (χ1n) is 15.2. The molecule has 2 amide bonds. The summed E-state index contributed by atoms with van der Waals surface area (Å²) in [5.74, 6) is -0.398. The van der Waals surface area contributed by atoms with Crippen molar-refractivity contribution in [2.45, 2.75) is 77.3 Å². The van der Waals surface area contributed by atoms with Gasteiger partial charge in [0.15, 0.2) is 11.2 Å². The lowest BCUT2D eigenvalue weighted by atomic mass is 9.63. The molecule has 1 aliphatic heterocycles. The van der Waals surface area contributed by atoms with Crippen molar-refractivity contribution in [3.8, 4) is 0 Å². The maximum atomic E-state index is 13.8. The third kappa shape index (κ3) is 6.75. The highest BCUT2D eigenvalue weighted by atomic mass is 19.1. The molecule has 1 aliphatic carbocycles. The van der Waals surface area contributed by atoms with Crippen LogP contribution in [0.4, 0.5) is 4.39 Å². The van der Waals surface area contributed by atoms with Crippen LogP contribution in [-0.2, 0) is 4.79 Å². The van der Waals surface area contributed by atoms with Gasteiger partial charge in [-0.25, -0.2) is 4.39 Å². The van der Waals surface area contributed by atoms with Gasteiger partial charge in [0.2, 0.25) is 5.91 Å². The van der Waals surface area contributed by atoms with E-state index in [1.165, 1.54) is 37.5 Å². The Kier molecular flexibility index (Phi) is 8.83. The van der Waals surface area contributed by atoms with Crippen LogP contribution in [0.1, 0.15) is 87.9 Å². The van der Waals surface area contributed by atoms with E-state index in [0.717, 1.165) is 31.2 Å². The highest BCUT2D eigenvalue weighted by Gasteiger charge is 2.48. The van der Waals surface area contributed by atoms with E-state index in [2.05, 4.69) is 15.5 Å². The molecule has 42 heavy (non-hydrogen) atoms. The molecular formula is C34H42FN3O4. The normalized spacial score (nSPS) is 18.9. The molecule has 1 aromatic heterocycles. The van der Waals surface area contributed by atoms with Gasteiger partial charge in [-0.15, -0.1) is 0 Å². The molecule has 224 valence electrons. The van der Waals surface area contributed by atoms with Crippen LogP contribution in [0.25, 0.3) is 11.0 Å². The Morgan fingerprint density at radius 1 is 1.02 bits per heavy atom. The lowest BCUT2D eigenvalue weighted by molar-refractivity contribution is -0.141. The molecule has 2 heterocycles. The first-order chi connectivity index (χ1) is 20.0. The third-order valence-electron chi connectivity index (χ3n) is 8.95. The van der Waals surface area contributed by atoms with E-state index in [-0.39, 0.29) is 28.5 Å². The van der Waals surface area contributed by atoms with Crippen molar-refractivity contribution in [2.24, 2.45) is 11.3 Å². The lowest BCUT2D eigenvalue weighted by Gasteiger charge is -2.48. The average Bonchev–Trinajstić information content (AvgIpc) is 2.97. The maximum Gasteiger partial charge on any atom is 0.287 e. The van der Waals surface area contributed by atoms with Crippen molar-refractivity contribution in [1.82, 2.24) is 15.5 Å². The number of hydrogen-bond donors (Lipinski definition) is 2. The van der Waals surface area contributed by atoms with E-state index >= 15 is 0 Å². The number of nitrogens with zero attached hydrogens (tertiary/aromatic N) is 1. The van der Waals surface area contributed by atoms with Crippen molar-refractivity contribution in [1.29, 1.82) is 0 Å². The summed E-state index contributed by atoms with van der Waals surface area (Å²) in [4.78, 5) is 42.1. The molecule has 1 saturated heterocycles. The molecule has 1 saturated carbocycles. The number of hydrogen-bond acceptors (Lipinski definition) is 5. The minimum absolute atomic E-state index is 0.0698. The van der Waals surface area contributed by atoms with Gasteiger partial charge in [-0.3, -0.25) is 14.4 Å². The molecule has 3 aromatic rings. The number of fused-ring (bicyclic) bond motifs is 1. The standard InChI is InChI=1S/C34H42FN3O4/c1-33(2,3)37-32(41)34(24-9-5-4-6-10-24)17-19-38(20-18-34)22-27(23-13-15-25(35)16-14-23)36-31(40)30-21-28(39)26-11-7-8-12-29(26)42-30/h7-8,11-16,21,24,27H,4-6,9-10,17-20,22H2,1-3H3,(H,36,40)(H,37,41). The van der Waals surface area contributed by atoms with E-state index in [4.69, 9.17) is 4.42 Å². The minimum Gasteiger partial charge on any atom is -0.451 e. The molecule has 1 atom stereocenters. The number of nitrogens with one attached hydrogen (secondary N) is 2. The Morgan fingerprint density at radius 2 is 1.69 bits per heavy atom. The van der Waals surface area contributed by atoms with Crippen molar-refractivity contribution >= 4 is 22.8 Å². The number of para-hydroxylation sites is 1. The zero-order valence-electron chi connectivity index (χ0n) is 24.9. The van der Waals surface area contributed by atoms with Crippen LogP contribution < -0.4 is 16.1 Å². The minimum atomic E-state index is -0.509. The van der Waals surface area contributed by atoms with Gasteiger partial charge in [-0.1, -0.05) is 43.5 Å². The third-order valence-corrected chi connectivity index (χ3v) is 8.95. The van der Waals surface area contributed by atoms with Crippen molar-refractivity contribution in [3.63, 3.8) is 0 Å². The van der Waals surface area contributed by atoms with Gasteiger partial charge in [0, 0.05) is 18.2 Å². The molecule has 1 unspecified atom stereocenters. The summed E-state index contributed by atoms with van der Waals surface area (Å²) in [6.45, 7) is 8.00. The number of carbonyl (C=O) groups excluding carboxylic acids is 2. The highest BCUT2D eigenvalue weighted by molar-refractivity contribution is 5.93. The fraction of sp³-hybridized carbons (Fsp3) is 0.500. The fourth-order valence-electron chi connectivity index (χ4n) is 6.71. The lowest BCUT2D eigenvalue weighted by Crippen LogP contribution is -2.57. The summed E-state index contributed by atoms with van der Waals surface area (Å²) >= 11 is 0. The fourth-order valence-corrected chi connectivity index (χ4v) is 6.71. The predicted octanol–water partition coefficient (Wildman–Crippen LogP) is 5.98. The predicted molar refractivity (Wildman–Crippen MR) is 162 cm³/mol. The zero-order valence-corrected chi connectivity index (χ0v) is 24.9. The molecular weight excluding hydrogens is 533 g/mol. The summed E-state index contributed by atoms with van der Waals surface area (Å²) in [7, 11) is 0. The van der Waals surface area contributed by atoms with Gasteiger partial charge in [0.25, 0.3) is 5.91 Å². The number of rotatable bonds is 7. The van der Waals surface area contributed by atoms with Gasteiger partial charge in [0.1, 0.15) is 11.4 Å². The van der Waals surface area contributed by atoms with E-state index < -0.39 is 17.4 Å². The molecule has 0 spiro atoms. The molecule has 2 fully saturated rings. The van der Waals surface area contributed by atoms with Gasteiger partial charge in [-0.05, 0) is 95.3 Å². The second kappa shape index (κ2) is 12.4. The second-order valence-corrected chi connectivity index (χ2v) is 13.0. The quantitative estimate of drug-likeness (QED) is 0.362. The van der Waals surface area contributed by atoms with Gasteiger partial charge in [-0.2, -0.15) is 0 Å². The Labute approximate surface area is 246 Å². The topological polar surface area (TPSA) is 91.7 Å². The molecule has 7 nitrogen and oxygen atoms in total. The van der Waals surface area contributed by atoms with Crippen LogP contribution >= 0.6 is 0 Å². The van der Waals surface area contributed by atoms with E-state index in [9.17, 15) is 18.8 Å². The Morgan fingerprint density at radius 3 is 2.36 bits per heavy atom. The smallest absolute Gasteiger partial charge is 0.287 e. The Balaban J connectivity index is 1.35. The number of carbonyl (C=O) groups is 2. The summed E-state index contributed by atoms with van der Waals surface area (Å²) in [5.41, 5.74) is 0.113. The molecule has 8 heteroatoms. The van der Waals surface area contributed by atoms with Crippen molar-refractivity contribution in [3.05, 3.63) is 82.0 Å². The van der Waals surface area contributed by atoms with Crippen molar-refractivity contribution < 1.29 is 18.4 Å². The van der Waals surface area contributed by atoms with Crippen LogP contribution in [0.3, 0.4) is 0 Å². The number of halogens is 1. The Hall–Kier alpha value is -3.52. The highest BCUT2D eigenvalue weighted by Crippen LogP contribution is 2.46. The molecule has 5 rings (SSSR count). The monoisotopic (exact) mass is 575 g/mol.